The number of aliphatic carboxylic acids is 1. The van der Waals surface area contributed by atoms with Crippen molar-refractivity contribution in [1.82, 2.24) is 41.7 Å². The van der Waals surface area contributed by atoms with Gasteiger partial charge < -0.3 is 58.3 Å². The Morgan fingerprint density at radius 2 is 0.725 bits per heavy atom. The van der Waals surface area contributed by atoms with E-state index in [0.717, 1.165) is 180 Å². The van der Waals surface area contributed by atoms with Gasteiger partial charge in [-0.2, -0.15) is 13.2 Å². The van der Waals surface area contributed by atoms with Gasteiger partial charge in [0.2, 0.25) is 0 Å². The number of unbranched alkanes of at least 4 members (excludes halogenated alkanes) is 20. The molecule has 0 aromatic heterocycles. The van der Waals surface area contributed by atoms with E-state index in [1.807, 2.05) is 0 Å². The highest BCUT2D eigenvalue weighted by molar-refractivity contribution is 5.78. The fourth-order valence-electron chi connectivity index (χ4n) is 7.53. The van der Waals surface area contributed by atoms with Gasteiger partial charge in [-0.05, 0) is 88.9 Å². The van der Waals surface area contributed by atoms with Crippen molar-refractivity contribution in [3.05, 3.63) is 0 Å². The highest BCUT2D eigenvalue weighted by atomic mass is 19.4. The van der Waals surface area contributed by atoms with Crippen molar-refractivity contribution >= 4 is 36.0 Å². The first kappa shape index (κ1) is 62.6. The fourth-order valence-corrected chi connectivity index (χ4v) is 7.53. The Morgan fingerprint density at radius 1 is 0.478 bits per heavy atom. The first-order valence-corrected chi connectivity index (χ1v) is 26.6. The number of urea groups is 3. The quantitative estimate of drug-likeness (QED) is 0.0163. The normalized spacial score (nSPS) is 13.8. The number of carboxylic acid groups (broad SMARTS) is 1. The monoisotopic (exact) mass is 989 g/mol. The SMILES string of the molecule is CNC(=O)NCCCCCCCCN(CCCCCCCCNC(N)=NCC1CC1)C(=O)N(CCCCCCCCNC(=O)NC)CCCCCCCCNC(N)=NCC1CC1.O=C(O)C(F)(F)F. The minimum atomic E-state index is -5.08. The minimum Gasteiger partial charge on any atom is -0.475 e. The standard InChI is InChI=1S/C47H94N12O3.C2HF3O2/c1-50-45(60)54-33-21-13-5-9-17-25-37-58(35-23-15-7-3-11-19-31-52-43(48)56-39-41-27-28-41)47(62)59(38-26-18-10-6-14-22-34-55-46(61)51-2)36-24-16-8-4-12-20-32-53-44(49)57-40-42-29-30-42;3-2(4,5)1(6)7/h41-42H,3-40H2,1-2H3,(H3,48,52,56)(H3,49,53,57)(H2,50,54,60)(H2,51,55,61);(H,6,7). The predicted molar refractivity (Wildman–Crippen MR) is 272 cm³/mol. The zero-order chi connectivity index (χ0) is 50.8. The molecule has 69 heavy (non-hydrogen) atoms. The Labute approximate surface area is 412 Å². The van der Waals surface area contributed by atoms with Crippen LogP contribution in [0.2, 0.25) is 0 Å². The number of rotatable bonds is 40. The predicted octanol–water partition coefficient (Wildman–Crippen LogP) is 8.19. The summed E-state index contributed by atoms with van der Waals surface area (Å²) in [6, 6.07) is -0.0128. The maximum Gasteiger partial charge on any atom is 0.490 e. The maximum atomic E-state index is 14.4. The van der Waals surface area contributed by atoms with E-state index in [-0.39, 0.29) is 18.1 Å². The molecule has 0 heterocycles. The van der Waals surface area contributed by atoms with Crippen molar-refractivity contribution in [2.24, 2.45) is 33.3 Å². The number of carbonyl (C=O) groups excluding carboxylic acids is 3. The van der Waals surface area contributed by atoms with Crippen LogP contribution in [0.3, 0.4) is 0 Å². The molecule has 2 rings (SSSR count). The number of nitrogens with two attached hydrogens (primary N) is 2. The highest BCUT2D eigenvalue weighted by Gasteiger charge is 2.38. The Morgan fingerprint density at radius 3 is 0.971 bits per heavy atom. The second-order valence-electron chi connectivity index (χ2n) is 18.7. The molecule has 0 spiro atoms. The summed E-state index contributed by atoms with van der Waals surface area (Å²) in [6.45, 7) is 8.18. The maximum absolute atomic E-state index is 14.4. The van der Waals surface area contributed by atoms with E-state index >= 15 is 0 Å². The molecule has 0 aromatic carbocycles. The van der Waals surface area contributed by atoms with Crippen LogP contribution in [0.5, 0.6) is 0 Å². The molecule has 0 radical (unpaired) electrons. The van der Waals surface area contributed by atoms with Gasteiger partial charge in [0.15, 0.2) is 11.9 Å². The second-order valence-corrected chi connectivity index (χ2v) is 18.7. The minimum absolute atomic E-state index is 0.120. The number of aliphatic imine (C=N–C) groups is 2. The molecule has 2 aliphatic carbocycles. The van der Waals surface area contributed by atoms with Crippen LogP contribution in [0.15, 0.2) is 9.98 Å². The first-order valence-electron chi connectivity index (χ1n) is 26.6. The van der Waals surface area contributed by atoms with Gasteiger partial charge in [0.25, 0.3) is 0 Å². The lowest BCUT2D eigenvalue weighted by Gasteiger charge is -2.31. The number of nitrogens with one attached hydrogen (secondary N) is 6. The van der Waals surface area contributed by atoms with Gasteiger partial charge in [-0.15, -0.1) is 0 Å². The van der Waals surface area contributed by atoms with Crippen LogP contribution in [0.4, 0.5) is 27.6 Å². The topological polar surface area (TPSA) is 244 Å². The lowest BCUT2D eigenvalue weighted by Crippen LogP contribution is -2.45. The molecule has 17 nitrogen and oxygen atoms in total. The lowest BCUT2D eigenvalue weighted by atomic mass is 10.1. The van der Waals surface area contributed by atoms with Crippen LogP contribution in [-0.4, -0.2) is 137 Å². The van der Waals surface area contributed by atoms with E-state index in [1.165, 1.54) is 64.2 Å². The number of hydrogen-bond donors (Lipinski definition) is 9. The fraction of sp³-hybridized carbons (Fsp3) is 0.878. The van der Waals surface area contributed by atoms with Gasteiger partial charge in [-0.3, -0.25) is 9.98 Å². The van der Waals surface area contributed by atoms with E-state index in [0.29, 0.717) is 25.0 Å². The molecule has 0 aliphatic heterocycles. The Kier molecular flexibility index (Phi) is 37.6. The van der Waals surface area contributed by atoms with Crippen LogP contribution in [0, 0.1) is 11.8 Å². The number of amides is 6. The van der Waals surface area contributed by atoms with Crippen molar-refractivity contribution in [3.63, 3.8) is 0 Å². The molecule has 6 amide bonds. The van der Waals surface area contributed by atoms with Crippen LogP contribution < -0.4 is 43.4 Å². The Bertz CT molecular complexity index is 1310. The van der Waals surface area contributed by atoms with Gasteiger partial charge in [0.1, 0.15) is 0 Å². The third-order valence-electron chi connectivity index (χ3n) is 12.3. The molecule has 402 valence electrons. The number of hydrogen-bond acceptors (Lipinski definition) is 6. The molecular formula is C49H95F3N12O5. The molecule has 2 aliphatic rings. The third kappa shape index (κ3) is 40.1. The Hall–Kier alpha value is -4.39. The lowest BCUT2D eigenvalue weighted by molar-refractivity contribution is -0.192. The van der Waals surface area contributed by atoms with Gasteiger partial charge >= 0.3 is 30.2 Å². The number of guanidine groups is 2. The number of nitrogens with zero attached hydrogens (tertiary/aromatic N) is 4. The van der Waals surface area contributed by atoms with Gasteiger partial charge in [-0.1, -0.05) is 103 Å². The van der Waals surface area contributed by atoms with Crippen molar-refractivity contribution in [1.29, 1.82) is 0 Å². The summed E-state index contributed by atoms with van der Waals surface area (Å²) in [7, 11) is 3.28. The number of carbonyl (C=O) groups is 4. The molecule has 0 saturated heterocycles. The average molecular weight is 989 g/mol. The zero-order valence-corrected chi connectivity index (χ0v) is 42.7. The van der Waals surface area contributed by atoms with Gasteiger partial charge in [0, 0.05) is 79.5 Å². The largest absolute Gasteiger partial charge is 0.490 e. The molecule has 2 fully saturated rings. The summed E-state index contributed by atoms with van der Waals surface area (Å²) in [4.78, 5) is 59.3. The molecule has 11 N–H and O–H groups in total. The second kappa shape index (κ2) is 41.4. The summed E-state index contributed by atoms with van der Waals surface area (Å²) < 4.78 is 31.7. The number of alkyl halides is 3. The molecule has 0 atom stereocenters. The Balaban J connectivity index is 0.00000314. The van der Waals surface area contributed by atoms with Gasteiger partial charge in [-0.25, -0.2) is 19.2 Å². The van der Waals surface area contributed by atoms with E-state index in [4.69, 9.17) is 21.4 Å². The van der Waals surface area contributed by atoms with Crippen LogP contribution in [-0.2, 0) is 4.79 Å². The average Bonchev–Trinajstić information content (AvgIpc) is 4.28. The van der Waals surface area contributed by atoms with Crippen LogP contribution >= 0.6 is 0 Å². The smallest absolute Gasteiger partial charge is 0.475 e. The summed E-state index contributed by atoms with van der Waals surface area (Å²) in [5.41, 5.74) is 12.0. The summed E-state index contributed by atoms with van der Waals surface area (Å²) in [6.07, 6.45) is 26.8. The van der Waals surface area contributed by atoms with Crippen molar-refractivity contribution in [2.45, 2.75) is 186 Å². The van der Waals surface area contributed by atoms with Crippen molar-refractivity contribution < 1.29 is 37.5 Å². The third-order valence-corrected chi connectivity index (χ3v) is 12.3. The molecule has 20 heteroatoms. The highest BCUT2D eigenvalue weighted by Crippen LogP contribution is 2.29. The molecule has 0 bridgehead atoms. The summed E-state index contributed by atoms with van der Waals surface area (Å²) in [5.74, 6) is -0.0720. The van der Waals surface area contributed by atoms with E-state index < -0.39 is 12.1 Å². The molecule has 2 saturated carbocycles. The number of halogens is 3. The molecule has 0 unspecified atom stereocenters. The van der Waals surface area contributed by atoms with E-state index in [1.54, 1.807) is 14.1 Å². The van der Waals surface area contributed by atoms with Gasteiger partial charge in [0.05, 0.1) is 0 Å². The molecule has 0 aromatic rings. The van der Waals surface area contributed by atoms with Crippen molar-refractivity contribution in [2.75, 3.05) is 79.5 Å². The molecular weight excluding hydrogens is 894 g/mol. The first-order chi connectivity index (χ1) is 33.3. The summed E-state index contributed by atoms with van der Waals surface area (Å²) in [5, 5.41) is 24.6. The summed E-state index contributed by atoms with van der Waals surface area (Å²) >= 11 is 0. The zero-order valence-electron chi connectivity index (χ0n) is 42.7. The number of carboxylic acids is 1. The van der Waals surface area contributed by atoms with Crippen LogP contribution in [0.1, 0.15) is 180 Å². The van der Waals surface area contributed by atoms with Crippen LogP contribution in [0.25, 0.3) is 0 Å². The van der Waals surface area contributed by atoms with E-state index in [9.17, 15) is 27.6 Å². The van der Waals surface area contributed by atoms with Crippen molar-refractivity contribution in [3.8, 4) is 0 Å². The van der Waals surface area contributed by atoms with E-state index in [2.05, 4.69) is 51.7 Å².